The van der Waals surface area contributed by atoms with Crippen molar-refractivity contribution in [1.29, 1.82) is 0 Å². The lowest BCUT2D eigenvalue weighted by Gasteiger charge is -2.22. The molecule has 1 amide bonds. The van der Waals surface area contributed by atoms with Crippen LogP contribution in [0.4, 0.5) is 5.69 Å². The first-order valence-electron chi connectivity index (χ1n) is 6.44. The van der Waals surface area contributed by atoms with Gasteiger partial charge in [-0.25, -0.2) is 0 Å². The molecule has 0 radical (unpaired) electrons. The molecule has 0 aliphatic carbocycles. The molecular formula is C14H15INO4-. The predicted octanol–water partition coefficient (Wildman–Crippen LogP) is 1.16. The third kappa shape index (κ3) is 4.17. The summed E-state index contributed by atoms with van der Waals surface area (Å²) in [6.45, 7) is 0.574. The Morgan fingerprint density at radius 3 is 2.65 bits per heavy atom. The van der Waals surface area contributed by atoms with Crippen LogP contribution in [-0.4, -0.2) is 24.6 Å². The summed E-state index contributed by atoms with van der Waals surface area (Å²) in [5.41, 5.74) is 0.650. The minimum Gasteiger partial charge on any atom is -0.550 e. The second kappa shape index (κ2) is 7.03. The molecule has 1 aliphatic heterocycles. The molecule has 6 heteroatoms. The molecule has 0 saturated carbocycles. The van der Waals surface area contributed by atoms with Gasteiger partial charge in [0.05, 0.1) is 12.0 Å². The topological polar surface area (TPSA) is 78.5 Å². The van der Waals surface area contributed by atoms with Crippen molar-refractivity contribution < 1.29 is 19.4 Å². The van der Waals surface area contributed by atoms with E-state index < -0.39 is 11.9 Å². The average Bonchev–Trinajstić information content (AvgIpc) is 2.92. The molecule has 5 nitrogen and oxygen atoms in total. The highest BCUT2D eigenvalue weighted by Gasteiger charge is 2.31. The van der Waals surface area contributed by atoms with Gasteiger partial charge in [0.25, 0.3) is 0 Å². The van der Waals surface area contributed by atoms with Crippen molar-refractivity contribution >= 4 is 40.2 Å². The van der Waals surface area contributed by atoms with Crippen molar-refractivity contribution in [3.8, 4) is 0 Å². The quantitative estimate of drug-likeness (QED) is 0.769. The van der Waals surface area contributed by atoms with Crippen LogP contribution in [0.25, 0.3) is 0 Å². The third-order valence-corrected chi connectivity index (χ3v) is 3.97. The predicted molar refractivity (Wildman–Crippen MR) is 79.9 cm³/mol. The van der Waals surface area contributed by atoms with E-state index in [1.165, 1.54) is 0 Å². The maximum atomic E-state index is 12.2. The number of benzene rings is 1. The number of ether oxygens (including phenoxy) is 1. The molecule has 0 bridgehead atoms. The summed E-state index contributed by atoms with van der Waals surface area (Å²) in [7, 11) is 0. The minimum absolute atomic E-state index is 0.319. The van der Waals surface area contributed by atoms with Crippen molar-refractivity contribution in [2.24, 2.45) is 5.92 Å². The number of hydrogen-bond donors (Lipinski definition) is 1. The number of aliphatic carboxylic acids is 1. The van der Waals surface area contributed by atoms with E-state index in [2.05, 4.69) is 27.9 Å². The van der Waals surface area contributed by atoms with E-state index in [1.54, 1.807) is 12.1 Å². The molecule has 1 aromatic rings. The van der Waals surface area contributed by atoms with E-state index in [0.717, 1.165) is 9.99 Å². The molecule has 0 unspecified atom stereocenters. The standard InChI is InChI=1S/C14H16INO4/c15-9-3-5-10(6-4-9)16-14(19)11(8-13(17)18)12-2-1-7-20-12/h3-6,11-12H,1-2,7-8H2,(H,16,19)(H,17,18)/p-1/t11-,12+/m0/s1. The molecule has 0 aromatic heterocycles. The van der Waals surface area contributed by atoms with Gasteiger partial charge in [-0.2, -0.15) is 0 Å². The number of carboxylic acid groups (broad SMARTS) is 1. The van der Waals surface area contributed by atoms with Crippen LogP contribution in [-0.2, 0) is 14.3 Å². The number of amides is 1. The van der Waals surface area contributed by atoms with E-state index in [4.69, 9.17) is 4.74 Å². The summed E-state index contributed by atoms with van der Waals surface area (Å²) >= 11 is 2.17. The highest BCUT2D eigenvalue weighted by molar-refractivity contribution is 14.1. The Kier molecular flexibility index (Phi) is 5.36. The fourth-order valence-electron chi connectivity index (χ4n) is 2.26. The first-order chi connectivity index (χ1) is 9.56. The Labute approximate surface area is 130 Å². The Hall–Kier alpha value is -1.15. The number of halogens is 1. The number of hydrogen-bond acceptors (Lipinski definition) is 4. The Morgan fingerprint density at radius 2 is 2.10 bits per heavy atom. The van der Waals surface area contributed by atoms with Gasteiger partial charge in [-0.3, -0.25) is 4.79 Å². The van der Waals surface area contributed by atoms with Crippen molar-refractivity contribution in [3.05, 3.63) is 27.8 Å². The number of carbonyl (C=O) groups is 2. The molecule has 1 fully saturated rings. The summed E-state index contributed by atoms with van der Waals surface area (Å²) in [5, 5.41) is 13.6. The van der Waals surface area contributed by atoms with Crippen LogP contribution in [0.2, 0.25) is 0 Å². The van der Waals surface area contributed by atoms with Crippen molar-refractivity contribution in [1.82, 2.24) is 0 Å². The summed E-state index contributed by atoms with van der Waals surface area (Å²) < 4.78 is 6.50. The number of rotatable bonds is 5. The first-order valence-corrected chi connectivity index (χ1v) is 7.52. The summed E-state index contributed by atoms with van der Waals surface area (Å²) in [4.78, 5) is 23.1. The number of anilines is 1. The largest absolute Gasteiger partial charge is 0.550 e. The Bertz CT molecular complexity index is 482. The first kappa shape index (κ1) is 15.2. The molecule has 1 heterocycles. The van der Waals surface area contributed by atoms with Gasteiger partial charge in [-0.1, -0.05) is 0 Å². The molecule has 1 aliphatic rings. The van der Waals surface area contributed by atoms with Gasteiger partial charge in [0.15, 0.2) is 0 Å². The Morgan fingerprint density at radius 1 is 1.40 bits per heavy atom. The van der Waals surface area contributed by atoms with Crippen LogP contribution in [0.5, 0.6) is 0 Å². The second-order valence-electron chi connectivity index (χ2n) is 4.73. The SMILES string of the molecule is O=C([O-])C[C@H](C(=O)Nc1ccc(I)cc1)[C@H]1CCCO1. The normalized spacial score (nSPS) is 19.6. The van der Waals surface area contributed by atoms with Gasteiger partial charge in [-0.15, -0.1) is 0 Å². The lowest BCUT2D eigenvalue weighted by Crippen LogP contribution is -2.38. The van der Waals surface area contributed by atoms with E-state index in [1.807, 2.05) is 12.1 Å². The van der Waals surface area contributed by atoms with Crippen LogP contribution in [0.1, 0.15) is 19.3 Å². The van der Waals surface area contributed by atoms with Crippen LogP contribution >= 0.6 is 22.6 Å². The number of nitrogens with one attached hydrogen (secondary N) is 1. The lowest BCUT2D eigenvalue weighted by molar-refractivity contribution is -0.307. The van der Waals surface area contributed by atoms with Crippen molar-refractivity contribution in [2.75, 3.05) is 11.9 Å². The van der Waals surface area contributed by atoms with Gasteiger partial charge in [-0.05, 0) is 59.7 Å². The molecule has 0 spiro atoms. The minimum atomic E-state index is -1.23. The monoisotopic (exact) mass is 388 g/mol. The van der Waals surface area contributed by atoms with Gasteiger partial charge in [0.2, 0.25) is 5.91 Å². The molecular weight excluding hydrogens is 373 g/mol. The summed E-state index contributed by atoms with van der Waals surface area (Å²) in [6, 6.07) is 7.31. The molecule has 2 rings (SSSR count). The summed E-state index contributed by atoms with van der Waals surface area (Å²) in [5.74, 6) is -2.27. The van der Waals surface area contributed by atoms with Gasteiger partial charge < -0.3 is 20.0 Å². The molecule has 1 saturated heterocycles. The Balaban J connectivity index is 2.05. The zero-order valence-electron chi connectivity index (χ0n) is 10.8. The number of carboxylic acids is 1. The fourth-order valence-corrected chi connectivity index (χ4v) is 2.62. The maximum absolute atomic E-state index is 12.2. The smallest absolute Gasteiger partial charge is 0.230 e. The summed E-state index contributed by atoms with van der Waals surface area (Å²) in [6.07, 6.45) is 0.904. The zero-order valence-corrected chi connectivity index (χ0v) is 13.0. The average molecular weight is 388 g/mol. The second-order valence-corrected chi connectivity index (χ2v) is 5.98. The van der Waals surface area contributed by atoms with Crippen LogP contribution in [0.3, 0.4) is 0 Å². The van der Waals surface area contributed by atoms with E-state index in [9.17, 15) is 14.7 Å². The van der Waals surface area contributed by atoms with Crippen molar-refractivity contribution in [2.45, 2.75) is 25.4 Å². The van der Waals surface area contributed by atoms with Gasteiger partial charge in [0.1, 0.15) is 0 Å². The van der Waals surface area contributed by atoms with E-state index in [0.29, 0.717) is 18.7 Å². The molecule has 1 aromatic carbocycles. The number of carbonyl (C=O) groups excluding carboxylic acids is 2. The van der Waals surface area contributed by atoms with Crippen LogP contribution in [0, 0.1) is 9.49 Å². The van der Waals surface area contributed by atoms with Gasteiger partial charge >= 0.3 is 0 Å². The van der Waals surface area contributed by atoms with E-state index >= 15 is 0 Å². The van der Waals surface area contributed by atoms with Crippen LogP contribution < -0.4 is 10.4 Å². The highest BCUT2D eigenvalue weighted by atomic mass is 127. The molecule has 108 valence electrons. The van der Waals surface area contributed by atoms with Gasteiger partial charge in [0, 0.05) is 28.3 Å². The van der Waals surface area contributed by atoms with Crippen molar-refractivity contribution in [3.63, 3.8) is 0 Å². The lowest BCUT2D eigenvalue weighted by atomic mass is 9.95. The molecule has 2 atom stereocenters. The maximum Gasteiger partial charge on any atom is 0.230 e. The fraction of sp³-hybridized carbons (Fsp3) is 0.429. The van der Waals surface area contributed by atoms with E-state index in [-0.39, 0.29) is 18.4 Å². The van der Waals surface area contributed by atoms with Crippen LogP contribution in [0.15, 0.2) is 24.3 Å². The zero-order chi connectivity index (χ0) is 14.5. The molecule has 1 N–H and O–H groups in total. The molecule has 20 heavy (non-hydrogen) atoms. The third-order valence-electron chi connectivity index (χ3n) is 3.25. The highest BCUT2D eigenvalue weighted by Crippen LogP contribution is 2.24.